The number of benzene rings is 1. The number of carbonyl (C=O) groups is 1. The van der Waals surface area contributed by atoms with Gasteiger partial charge in [0, 0.05) is 30.1 Å². The first-order valence-electron chi connectivity index (χ1n) is 10.2. The molecule has 0 saturated heterocycles. The number of anilines is 1. The molecular weight excluding hydrogens is 366 g/mol. The van der Waals surface area contributed by atoms with E-state index in [0.29, 0.717) is 17.7 Å². The van der Waals surface area contributed by atoms with Crippen molar-refractivity contribution in [2.75, 3.05) is 17.2 Å². The standard InChI is InChI=1S/C23H25N3OS/c24-16-19-15-18-8-2-1-3-10-20(18)25-23(19)28-14-12-22(27)26-13-6-9-17-7-4-5-11-21(17)26/h4-5,7,11,15H,1-3,6,8-10,12-14H2. The molecule has 0 spiro atoms. The Bertz CT molecular complexity index is 919. The molecule has 0 radical (unpaired) electrons. The predicted molar refractivity (Wildman–Crippen MR) is 113 cm³/mol. The van der Waals surface area contributed by atoms with E-state index < -0.39 is 0 Å². The second-order valence-corrected chi connectivity index (χ2v) is 8.58. The molecule has 4 rings (SSSR count). The highest BCUT2D eigenvalue weighted by molar-refractivity contribution is 7.99. The van der Waals surface area contributed by atoms with Crippen molar-refractivity contribution in [1.29, 1.82) is 5.26 Å². The molecule has 144 valence electrons. The summed E-state index contributed by atoms with van der Waals surface area (Å²) in [7, 11) is 0. The lowest BCUT2D eigenvalue weighted by Gasteiger charge is -2.29. The fourth-order valence-electron chi connectivity index (χ4n) is 4.14. The first-order chi connectivity index (χ1) is 13.8. The summed E-state index contributed by atoms with van der Waals surface area (Å²) in [4.78, 5) is 19.5. The highest BCUT2D eigenvalue weighted by Crippen LogP contribution is 2.29. The number of hydrogen-bond acceptors (Lipinski definition) is 4. The van der Waals surface area contributed by atoms with Crippen molar-refractivity contribution in [1.82, 2.24) is 4.98 Å². The fourth-order valence-corrected chi connectivity index (χ4v) is 5.05. The zero-order chi connectivity index (χ0) is 19.3. The molecule has 4 nitrogen and oxygen atoms in total. The van der Waals surface area contributed by atoms with Crippen LogP contribution in [0.25, 0.3) is 0 Å². The Hall–Kier alpha value is -2.32. The van der Waals surface area contributed by atoms with Crippen LogP contribution in [0.2, 0.25) is 0 Å². The maximum Gasteiger partial charge on any atom is 0.227 e. The molecule has 2 heterocycles. The van der Waals surface area contributed by atoms with Crippen molar-refractivity contribution >= 4 is 23.4 Å². The Morgan fingerprint density at radius 2 is 1.93 bits per heavy atom. The number of para-hydroxylation sites is 1. The molecule has 5 heteroatoms. The second kappa shape index (κ2) is 8.79. The van der Waals surface area contributed by atoms with Crippen LogP contribution >= 0.6 is 11.8 Å². The Kier molecular flexibility index (Phi) is 5.97. The molecule has 0 bridgehead atoms. The molecule has 2 aromatic rings. The minimum absolute atomic E-state index is 0.160. The average molecular weight is 392 g/mol. The third kappa shape index (κ3) is 4.07. The summed E-state index contributed by atoms with van der Waals surface area (Å²) in [5.41, 5.74) is 5.36. The van der Waals surface area contributed by atoms with Crippen LogP contribution in [0.3, 0.4) is 0 Å². The molecule has 0 atom stereocenters. The quantitative estimate of drug-likeness (QED) is 0.561. The highest BCUT2D eigenvalue weighted by Gasteiger charge is 2.22. The van der Waals surface area contributed by atoms with Crippen molar-refractivity contribution in [3.63, 3.8) is 0 Å². The zero-order valence-electron chi connectivity index (χ0n) is 16.1. The van der Waals surface area contributed by atoms with Crippen LogP contribution in [0.5, 0.6) is 0 Å². The van der Waals surface area contributed by atoms with Crippen molar-refractivity contribution < 1.29 is 4.79 Å². The van der Waals surface area contributed by atoms with Crippen LogP contribution < -0.4 is 4.90 Å². The van der Waals surface area contributed by atoms with Gasteiger partial charge in [0.15, 0.2) is 0 Å². The Labute approximate surface area is 171 Å². The molecule has 2 aliphatic rings. The van der Waals surface area contributed by atoms with Gasteiger partial charge < -0.3 is 4.90 Å². The van der Waals surface area contributed by atoms with Crippen LogP contribution in [0, 0.1) is 11.3 Å². The number of aromatic nitrogens is 1. The van der Waals surface area contributed by atoms with E-state index in [9.17, 15) is 10.1 Å². The number of thioether (sulfide) groups is 1. The Morgan fingerprint density at radius 1 is 1.11 bits per heavy atom. The van der Waals surface area contributed by atoms with E-state index in [2.05, 4.69) is 12.1 Å². The Balaban J connectivity index is 1.42. The van der Waals surface area contributed by atoms with Crippen molar-refractivity contribution in [2.45, 2.75) is 56.4 Å². The van der Waals surface area contributed by atoms with Crippen LogP contribution in [-0.2, 0) is 24.1 Å². The summed E-state index contributed by atoms with van der Waals surface area (Å²) in [5, 5.41) is 10.3. The lowest BCUT2D eigenvalue weighted by molar-refractivity contribution is -0.118. The molecule has 0 unspecified atom stereocenters. The molecule has 1 aliphatic carbocycles. The largest absolute Gasteiger partial charge is 0.312 e. The predicted octanol–water partition coefficient (Wildman–Crippen LogP) is 4.68. The van der Waals surface area contributed by atoms with Gasteiger partial charge in [-0.25, -0.2) is 4.98 Å². The molecule has 1 aromatic carbocycles. The molecule has 0 N–H and O–H groups in total. The van der Waals surface area contributed by atoms with Crippen LogP contribution in [0.15, 0.2) is 35.4 Å². The maximum atomic E-state index is 12.8. The van der Waals surface area contributed by atoms with Gasteiger partial charge in [0.2, 0.25) is 5.91 Å². The number of aryl methyl sites for hydroxylation is 3. The zero-order valence-corrected chi connectivity index (χ0v) is 16.9. The number of pyridine rings is 1. The van der Waals surface area contributed by atoms with Gasteiger partial charge in [-0.3, -0.25) is 4.79 Å². The van der Waals surface area contributed by atoms with Gasteiger partial charge in [-0.1, -0.05) is 24.6 Å². The second-order valence-electron chi connectivity index (χ2n) is 7.50. The molecule has 0 saturated carbocycles. The topological polar surface area (TPSA) is 57.0 Å². The fraction of sp³-hybridized carbons (Fsp3) is 0.435. The first-order valence-corrected chi connectivity index (χ1v) is 11.2. The summed E-state index contributed by atoms with van der Waals surface area (Å²) in [6.45, 7) is 0.793. The third-order valence-corrected chi connectivity index (χ3v) is 6.60. The van der Waals surface area contributed by atoms with Crippen LogP contribution in [0.4, 0.5) is 5.69 Å². The summed E-state index contributed by atoms with van der Waals surface area (Å²) in [6.07, 6.45) is 8.11. The van der Waals surface area contributed by atoms with Gasteiger partial charge in [-0.15, -0.1) is 11.8 Å². The summed E-state index contributed by atoms with van der Waals surface area (Å²) < 4.78 is 0. The normalized spacial score (nSPS) is 15.9. The molecule has 1 amide bonds. The number of hydrogen-bond donors (Lipinski definition) is 0. The lowest BCUT2D eigenvalue weighted by Crippen LogP contribution is -2.35. The van der Waals surface area contributed by atoms with E-state index in [1.54, 1.807) is 11.8 Å². The van der Waals surface area contributed by atoms with Gasteiger partial charge in [-0.2, -0.15) is 5.26 Å². The van der Waals surface area contributed by atoms with Crippen molar-refractivity contribution in [2.24, 2.45) is 0 Å². The lowest BCUT2D eigenvalue weighted by atomic mass is 10.0. The van der Waals surface area contributed by atoms with Crippen LogP contribution in [-0.4, -0.2) is 23.2 Å². The van der Waals surface area contributed by atoms with E-state index in [1.807, 2.05) is 29.2 Å². The van der Waals surface area contributed by atoms with Gasteiger partial charge in [0.25, 0.3) is 0 Å². The molecule has 1 aromatic heterocycles. The average Bonchev–Trinajstić information content (AvgIpc) is 2.97. The number of fused-ring (bicyclic) bond motifs is 2. The summed E-state index contributed by atoms with van der Waals surface area (Å²) >= 11 is 1.54. The SMILES string of the molecule is N#Cc1cc2c(nc1SCCC(=O)N1CCCc3ccccc31)CCCCC2. The van der Waals surface area contributed by atoms with E-state index >= 15 is 0 Å². The van der Waals surface area contributed by atoms with Gasteiger partial charge >= 0.3 is 0 Å². The Morgan fingerprint density at radius 3 is 2.82 bits per heavy atom. The van der Waals surface area contributed by atoms with Gasteiger partial charge in [0.1, 0.15) is 11.1 Å². The van der Waals surface area contributed by atoms with Crippen molar-refractivity contribution in [3.8, 4) is 6.07 Å². The highest BCUT2D eigenvalue weighted by atomic mass is 32.2. The van der Waals surface area contributed by atoms with E-state index in [4.69, 9.17) is 4.98 Å². The van der Waals surface area contributed by atoms with E-state index in [-0.39, 0.29) is 5.91 Å². The number of carbonyl (C=O) groups excluding carboxylic acids is 1. The molecular formula is C23H25N3OS. The minimum atomic E-state index is 0.160. The molecule has 28 heavy (non-hydrogen) atoms. The first kappa shape index (κ1) is 19.0. The smallest absolute Gasteiger partial charge is 0.227 e. The van der Waals surface area contributed by atoms with E-state index in [1.165, 1.54) is 30.4 Å². The summed E-state index contributed by atoms with van der Waals surface area (Å²) in [5.74, 6) is 0.811. The van der Waals surface area contributed by atoms with Gasteiger partial charge in [-0.05, 0) is 61.8 Å². The van der Waals surface area contributed by atoms with Crippen LogP contribution in [0.1, 0.15) is 54.5 Å². The monoisotopic (exact) mass is 391 g/mol. The van der Waals surface area contributed by atoms with E-state index in [0.717, 1.165) is 48.6 Å². The van der Waals surface area contributed by atoms with Gasteiger partial charge in [0.05, 0.1) is 5.56 Å². The number of amides is 1. The number of rotatable bonds is 4. The maximum absolute atomic E-state index is 12.8. The third-order valence-electron chi connectivity index (χ3n) is 5.60. The minimum Gasteiger partial charge on any atom is -0.312 e. The van der Waals surface area contributed by atoms with Crippen molar-refractivity contribution in [3.05, 3.63) is 52.7 Å². The summed E-state index contributed by atoms with van der Waals surface area (Å²) in [6, 6.07) is 12.5. The molecule has 1 aliphatic heterocycles. The number of nitrogens with zero attached hydrogens (tertiary/aromatic N) is 3. The number of nitriles is 1. The molecule has 0 fully saturated rings.